The molecule has 8 heteroatoms. The molecule has 0 spiro atoms. The van der Waals surface area contributed by atoms with Gasteiger partial charge in [-0.05, 0) is 30.3 Å². The van der Waals surface area contributed by atoms with E-state index in [1.165, 1.54) is 27.8 Å². The number of likely N-dealkylation sites (N-methyl/N-ethyl adjacent to an activating group) is 1. The van der Waals surface area contributed by atoms with Crippen molar-refractivity contribution in [1.82, 2.24) is 14.7 Å². The monoisotopic (exact) mass is 372 g/mol. The second kappa shape index (κ2) is 7.05. The van der Waals surface area contributed by atoms with Crippen molar-refractivity contribution in [3.8, 4) is 5.75 Å². The first kappa shape index (κ1) is 17.8. The van der Waals surface area contributed by atoms with Crippen LogP contribution in [0.3, 0.4) is 0 Å². The highest BCUT2D eigenvalue weighted by Gasteiger charge is 2.15. The fraction of sp³-hybridized carbons (Fsp3) is 0.167. The summed E-state index contributed by atoms with van der Waals surface area (Å²) in [6.45, 7) is 0.101. The van der Waals surface area contributed by atoms with Crippen LogP contribution in [-0.4, -0.2) is 45.7 Å². The number of halogens is 1. The van der Waals surface area contributed by atoms with Crippen LogP contribution in [0.5, 0.6) is 5.75 Å². The molecule has 7 nitrogen and oxygen atoms in total. The maximum absolute atomic E-state index is 12.5. The van der Waals surface area contributed by atoms with Crippen LogP contribution in [0, 0.1) is 0 Å². The smallest absolute Gasteiger partial charge is 0.259 e. The van der Waals surface area contributed by atoms with Crippen LogP contribution in [0.2, 0.25) is 5.02 Å². The summed E-state index contributed by atoms with van der Waals surface area (Å²) in [7, 11) is 3.35. The summed E-state index contributed by atoms with van der Waals surface area (Å²) in [4.78, 5) is 25.8. The van der Waals surface area contributed by atoms with Gasteiger partial charge in [-0.25, -0.2) is 0 Å². The van der Waals surface area contributed by atoms with E-state index in [1.807, 2.05) is 0 Å². The number of nitrogens with zero attached hydrogens (tertiary/aromatic N) is 3. The molecule has 0 radical (unpaired) electrons. The third-order valence-electron chi connectivity index (χ3n) is 3.84. The second-order valence-corrected chi connectivity index (χ2v) is 6.41. The molecule has 0 saturated heterocycles. The van der Waals surface area contributed by atoms with E-state index in [1.54, 1.807) is 38.5 Å². The number of fused-ring (bicyclic) bond motifs is 1. The fourth-order valence-electron chi connectivity index (χ4n) is 2.44. The molecule has 1 heterocycles. The SMILES string of the molecule is CN(C)C(=O)Cn1cc2c(NC(=O)c3cc(Cl)ccc3O)cccc2n1. The molecular formula is C18H17ClN4O3. The number of hydrogen-bond donors (Lipinski definition) is 2. The third kappa shape index (κ3) is 3.62. The van der Waals surface area contributed by atoms with Gasteiger partial charge in [-0.15, -0.1) is 0 Å². The summed E-state index contributed by atoms with van der Waals surface area (Å²) >= 11 is 5.90. The highest BCUT2D eigenvalue weighted by atomic mass is 35.5. The Balaban J connectivity index is 1.90. The normalized spacial score (nSPS) is 10.7. The predicted molar refractivity (Wildman–Crippen MR) is 99.5 cm³/mol. The Morgan fingerprint density at radius 3 is 2.77 bits per heavy atom. The summed E-state index contributed by atoms with van der Waals surface area (Å²) in [5, 5.41) is 18.0. The van der Waals surface area contributed by atoms with Gasteiger partial charge in [-0.3, -0.25) is 14.3 Å². The standard InChI is InChI=1S/C18H17ClN4O3/c1-22(2)17(25)10-23-9-13-14(4-3-5-15(13)21-23)20-18(26)12-8-11(19)6-7-16(12)24/h3-9,24H,10H2,1-2H3,(H,20,26). The molecule has 0 fully saturated rings. The number of benzene rings is 2. The quantitative estimate of drug-likeness (QED) is 0.737. The Hall–Kier alpha value is -3.06. The first-order valence-electron chi connectivity index (χ1n) is 7.81. The topological polar surface area (TPSA) is 87.5 Å². The van der Waals surface area contributed by atoms with E-state index in [4.69, 9.17) is 11.6 Å². The zero-order chi connectivity index (χ0) is 18.8. The summed E-state index contributed by atoms with van der Waals surface area (Å²) in [5.41, 5.74) is 1.24. The van der Waals surface area contributed by atoms with Gasteiger partial charge in [0, 0.05) is 30.7 Å². The molecule has 1 aromatic heterocycles. The number of carbonyl (C=O) groups is 2. The van der Waals surface area contributed by atoms with E-state index in [0.717, 1.165) is 0 Å². The molecule has 0 aliphatic carbocycles. The summed E-state index contributed by atoms with van der Waals surface area (Å²) in [6, 6.07) is 9.52. The molecule has 3 rings (SSSR count). The van der Waals surface area contributed by atoms with Gasteiger partial charge in [-0.1, -0.05) is 17.7 Å². The van der Waals surface area contributed by atoms with Crippen LogP contribution >= 0.6 is 11.6 Å². The zero-order valence-electron chi connectivity index (χ0n) is 14.2. The van der Waals surface area contributed by atoms with E-state index < -0.39 is 5.91 Å². The van der Waals surface area contributed by atoms with Gasteiger partial charge in [0.2, 0.25) is 5.91 Å². The predicted octanol–water partition coefficient (Wildman–Crippen LogP) is 2.74. The number of carbonyl (C=O) groups excluding carboxylic acids is 2. The molecule has 134 valence electrons. The minimum absolute atomic E-state index is 0.0738. The number of anilines is 1. The molecular weight excluding hydrogens is 356 g/mol. The Bertz CT molecular complexity index is 997. The van der Waals surface area contributed by atoms with Crippen LogP contribution in [0.15, 0.2) is 42.6 Å². The number of aromatic nitrogens is 2. The molecule has 0 atom stereocenters. The average Bonchev–Trinajstić information content (AvgIpc) is 3.00. The molecule has 0 saturated carbocycles. The van der Waals surface area contributed by atoms with Crippen molar-refractivity contribution in [3.05, 3.63) is 53.2 Å². The summed E-state index contributed by atoms with van der Waals surface area (Å²) < 4.78 is 1.53. The number of amides is 2. The number of rotatable bonds is 4. The lowest BCUT2D eigenvalue weighted by molar-refractivity contribution is -0.129. The number of hydrogen-bond acceptors (Lipinski definition) is 4. The fourth-order valence-corrected chi connectivity index (χ4v) is 2.61. The summed E-state index contributed by atoms with van der Waals surface area (Å²) in [5.74, 6) is -0.742. The van der Waals surface area contributed by atoms with Gasteiger partial charge in [-0.2, -0.15) is 5.10 Å². The maximum atomic E-state index is 12.5. The van der Waals surface area contributed by atoms with Gasteiger partial charge >= 0.3 is 0 Å². The van der Waals surface area contributed by atoms with Crippen molar-refractivity contribution in [2.45, 2.75) is 6.54 Å². The van der Waals surface area contributed by atoms with Gasteiger partial charge in [0.1, 0.15) is 12.3 Å². The molecule has 26 heavy (non-hydrogen) atoms. The largest absolute Gasteiger partial charge is 0.507 e. The first-order chi connectivity index (χ1) is 12.3. The van der Waals surface area contributed by atoms with Crippen LogP contribution in [0.1, 0.15) is 10.4 Å². The number of phenolic OH excluding ortho intramolecular Hbond substituents is 1. The van der Waals surface area contributed by atoms with Crippen molar-refractivity contribution in [1.29, 1.82) is 0 Å². The lowest BCUT2D eigenvalue weighted by Gasteiger charge is -2.09. The lowest BCUT2D eigenvalue weighted by Crippen LogP contribution is -2.26. The first-order valence-corrected chi connectivity index (χ1v) is 8.19. The van der Waals surface area contributed by atoms with E-state index >= 15 is 0 Å². The Morgan fingerprint density at radius 1 is 1.27 bits per heavy atom. The van der Waals surface area contributed by atoms with Crippen LogP contribution in [0.4, 0.5) is 5.69 Å². The zero-order valence-corrected chi connectivity index (χ0v) is 15.0. The number of nitrogens with one attached hydrogen (secondary N) is 1. The second-order valence-electron chi connectivity index (χ2n) is 5.97. The lowest BCUT2D eigenvalue weighted by atomic mass is 10.1. The van der Waals surface area contributed by atoms with Gasteiger partial charge < -0.3 is 15.3 Å². The molecule has 0 bridgehead atoms. The van der Waals surface area contributed by atoms with E-state index in [2.05, 4.69) is 10.4 Å². The molecule has 0 aliphatic rings. The molecule has 0 aliphatic heterocycles. The van der Waals surface area contributed by atoms with Crippen molar-refractivity contribution in [2.24, 2.45) is 0 Å². The molecule has 2 N–H and O–H groups in total. The molecule has 2 aromatic carbocycles. The minimum Gasteiger partial charge on any atom is -0.507 e. The Morgan fingerprint density at radius 2 is 2.04 bits per heavy atom. The Labute approximate surface area is 154 Å². The van der Waals surface area contributed by atoms with Crippen molar-refractivity contribution >= 4 is 40.0 Å². The van der Waals surface area contributed by atoms with Crippen LogP contribution < -0.4 is 5.32 Å². The van der Waals surface area contributed by atoms with E-state index in [0.29, 0.717) is 21.6 Å². The van der Waals surface area contributed by atoms with E-state index in [-0.39, 0.29) is 23.8 Å². The minimum atomic E-state index is -0.491. The van der Waals surface area contributed by atoms with Gasteiger partial charge in [0.05, 0.1) is 16.8 Å². The number of phenols is 1. The van der Waals surface area contributed by atoms with Crippen molar-refractivity contribution in [3.63, 3.8) is 0 Å². The Kier molecular flexibility index (Phi) is 4.81. The molecule has 3 aromatic rings. The maximum Gasteiger partial charge on any atom is 0.259 e. The number of aromatic hydroxyl groups is 1. The highest BCUT2D eigenvalue weighted by Crippen LogP contribution is 2.26. The van der Waals surface area contributed by atoms with E-state index in [9.17, 15) is 14.7 Å². The van der Waals surface area contributed by atoms with Gasteiger partial charge in [0.25, 0.3) is 5.91 Å². The van der Waals surface area contributed by atoms with Crippen LogP contribution in [0.25, 0.3) is 10.9 Å². The molecule has 0 unspecified atom stereocenters. The van der Waals surface area contributed by atoms with Crippen molar-refractivity contribution < 1.29 is 14.7 Å². The van der Waals surface area contributed by atoms with Crippen molar-refractivity contribution in [2.75, 3.05) is 19.4 Å². The molecule has 2 amide bonds. The summed E-state index contributed by atoms with van der Waals surface area (Å²) in [6.07, 6.45) is 1.70. The average molecular weight is 373 g/mol. The third-order valence-corrected chi connectivity index (χ3v) is 4.08. The van der Waals surface area contributed by atoms with Crippen LogP contribution in [-0.2, 0) is 11.3 Å². The van der Waals surface area contributed by atoms with Gasteiger partial charge in [0.15, 0.2) is 0 Å². The highest BCUT2D eigenvalue weighted by molar-refractivity contribution is 6.31.